The molecule has 1 aromatic heterocycles. The van der Waals surface area contributed by atoms with Crippen molar-refractivity contribution in [2.24, 2.45) is 7.05 Å². The average molecular weight is 285 g/mol. The fraction of sp³-hybridized carbons (Fsp3) is 0.167. The van der Waals surface area contributed by atoms with Gasteiger partial charge in [-0.2, -0.15) is 0 Å². The van der Waals surface area contributed by atoms with E-state index in [2.05, 4.69) is 4.98 Å². The highest BCUT2D eigenvalue weighted by Crippen LogP contribution is 2.25. The lowest BCUT2D eigenvalue weighted by molar-refractivity contribution is 0.111. The number of imidazole rings is 1. The van der Waals surface area contributed by atoms with Gasteiger partial charge in [0.05, 0.1) is 16.8 Å². The zero-order valence-electron chi connectivity index (χ0n) is 9.56. The third-order valence-corrected chi connectivity index (χ3v) is 3.20. The van der Waals surface area contributed by atoms with Crippen LogP contribution in [0.25, 0.3) is 0 Å². The zero-order chi connectivity index (χ0) is 13.1. The second-order valence-electron chi connectivity index (χ2n) is 3.61. The summed E-state index contributed by atoms with van der Waals surface area (Å²) in [5.41, 5.74) is 0.333. The Morgan fingerprint density at radius 1 is 1.44 bits per heavy atom. The fourth-order valence-electron chi connectivity index (χ4n) is 1.46. The van der Waals surface area contributed by atoms with Crippen LogP contribution in [0.2, 0.25) is 10.2 Å². The molecule has 0 aliphatic heterocycles. The number of aromatic nitrogens is 2. The summed E-state index contributed by atoms with van der Waals surface area (Å²) < 4.78 is 7.23. The summed E-state index contributed by atoms with van der Waals surface area (Å²) in [6, 6.07) is 5.03. The van der Waals surface area contributed by atoms with Gasteiger partial charge in [-0.15, -0.1) is 0 Å². The summed E-state index contributed by atoms with van der Waals surface area (Å²) >= 11 is 11.8. The van der Waals surface area contributed by atoms with Gasteiger partial charge in [-0.1, -0.05) is 29.3 Å². The standard InChI is InChI=1S/C12H10Cl2N2O2/c1-16-11(14)5-15-12(16)7-18-10-4-2-3-9(13)8(10)6-17/h2-6H,7H2,1H3. The number of benzene rings is 1. The van der Waals surface area contributed by atoms with Crippen molar-refractivity contribution in [2.45, 2.75) is 6.61 Å². The van der Waals surface area contributed by atoms with Crippen molar-refractivity contribution in [3.8, 4) is 5.75 Å². The lowest BCUT2D eigenvalue weighted by Crippen LogP contribution is -2.05. The van der Waals surface area contributed by atoms with Crippen LogP contribution in [0.4, 0.5) is 0 Å². The molecule has 0 bridgehead atoms. The van der Waals surface area contributed by atoms with Gasteiger partial charge < -0.3 is 9.30 Å². The quantitative estimate of drug-likeness (QED) is 0.811. The van der Waals surface area contributed by atoms with E-state index >= 15 is 0 Å². The van der Waals surface area contributed by atoms with Crippen LogP contribution in [0, 0.1) is 0 Å². The van der Waals surface area contributed by atoms with E-state index in [-0.39, 0.29) is 6.61 Å². The van der Waals surface area contributed by atoms with Gasteiger partial charge in [0.15, 0.2) is 6.29 Å². The molecule has 18 heavy (non-hydrogen) atoms. The molecule has 6 heteroatoms. The Kier molecular flexibility index (Phi) is 3.89. The van der Waals surface area contributed by atoms with Crippen LogP contribution in [0.5, 0.6) is 5.75 Å². The summed E-state index contributed by atoms with van der Waals surface area (Å²) in [6.45, 7) is 0.213. The van der Waals surface area contributed by atoms with Gasteiger partial charge in [0.2, 0.25) is 0 Å². The lowest BCUT2D eigenvalue weighted by atomic mass is 10.2. The molecule has 0 amide bonds. The van der Waals surface area contributed by atoms with Crippen molar-refractivity contribution in [2.75, 3.05) is 0 Å². The fourth-order valence-corrected chi connectivity index (χ4v) is 1.81. The summed E-state index contributed by atoms with van der Waals surface area (Å²) in [6.07, 6.45) is 2.21. The minimum Gasteiger partial charge on any atom is -0.485 e. The third kappa shape index (κ3) is 2.49. The van der Waals surface area contributed by atoms with Crippen molar-refractivity contribution in [1.82, 2.24) is 9.55 Å². The van der Waals surface area contributed by atoms with E-state index in [9.17, 15) is 4.79 Å². The van der Waals surface area contributed by atoms with Crippen LogP contribution in [-0.2, 0) is 13.7 Å². The normalized spacial score (nSPS) is 10.4. The molecular formula is C12H10Cl2N2O2. The molecule has 0 aliphatic carbocycles. The molecule has 0 radical (unpaired) electrons. The number of ether oxygens (including phenoxy) is 1. The molecule has 1 aromatic carbocycles. The Morgan fingerprint density at radius 3 is 2.83 bits per heavy atom. The van der Waals surface area contributed by atoms with Gasteiger partial charge in [0.1, 0.15) is 23.3 Å². The molecule has 2 aromatic rings. The van der Waals surface area contributed by atoms with E-state index in [4.69, 9.17) is 27.9 Å². The number of nitrogens with zero attached hydrogens (tertiary/aromatic N) is 2. The lowest BCUT2D eigenvalue weighted by Gasteiger charge is -2.09. The maximum absolute atomic E-state index is 10.9. The molecular weight excluding hydrogens is 275 g/mol. The third-order valence-electron chi connectivity index (χ3n) is 2.52. The van der Waals surface area contributed by atoms with Crippen LogP contribution < -0.4 is 4.74 Å². The maximum atomic E-state index is 10.9. The van der Waals surface area contributed by atoms with Gasteiger partial charge in [-0.05, 0) is 12.1 Å². The van der Waals surface area contributed by atoms with Gasteiger partial charge in [-0.3, -0.25) is 4.79 Å². The number of hydrogen-bond acceptors (Lipinski definition) is 3. The number of carbonyl (C=O) groups excluding carboxylic acids is 1. The van der Waals surface area contributed by atoms with Crippen molar-refractivity contribution >= 4 is 29.5 Å². The van der Waals surface area contributed by atoms with Crippen LogP contribution in [0.1, 0.15) is 16.2 Å². The van der Waals surface area contributed by atoms with E-state index in [0.29, 0.717) is 33.6 Å². The number of halogens is 2. The van der Waals surface area contributed by atoms with Gasteiger partial charge >= 0.3 is 0 Å². The van der Waals surface area contributed by atoms with E-state index in [1.54, 1.807) is 36.0 Å². The second-order valence-corrected chi connectivity index (χ2v) is 4.41. The molecule has 4 nitrogen and oxygen atoms in total. The molecule has 94 valence electrons. The summed E-state index contributed by atoms with van der Waals surface area (Å²) in [5.74, 6) is 1.09. The first-order valence-corrected chi connectivity index (χ1v) is 5.91. The highest BCUT2D eigenvalue weighted by molar-refractivity contribution is 6.33. The van der Waals surface area contributed by atoms with Crippen LogP contribution in [0.15, 0.2) is 24.4 Å². The molecule has 0 unspecified atom stereocenters. The van der Waals surface area contributed by atoms with Crippen LogP contribution in [0.3, 0.4) is 0 Å². The molecule has 2 rings (SSSR count). The van der Waals surface area contributed by atoms with E-state index in [1.807, 2.05) is 0 Å². The maximum Gasteiger partial charge on any atom is 0.155 e. The minimum absolute atomic E-state index is 0.213. The molecule has 1 heterocycles. The molecule has 0 atom stereocenters. The Labute approximate surface area is 114 Å². The van der Waals surface area contributed by atoms with E-state index < -0.39 is 0 Å². The zero-order valence-corrected chi connectivity index (χ0v) is 11.1. The Morgan fingerprint density at radius 2 is 2.22 bits per heavy atom. The van der Waals surface area contributed by atoms with Crippen molar-refractivity contribution in [1.29, 1.82) is 0 Å². The summed E-state index contributed by atoms with van der Waals surface area (Å²) in [5, 5.41) is 0.885. The Balaban J connectivity index is 2.18. The first kappa shape index (κ1) is 12.9. The smallest absolute Gasteiger partial charge is 0.155 e. The summed E-state index contributed by atoms with van der Waals surface area (Å²) in [4.78, 5) is 15.0. The number of hydrogen-bond donors (Lipinski definition) is 0. The highest BCUT2D eigenvalue weighted by Gasteiger charge is 2.09. The molecule has 0 saturated heterocycles. The predicted molar refractivity (Wildman–Crippen MR) is 69.4 cm³/mol. The second kappa shape index (κ2) is 5.42. The average Bonchev–Trinajstić information content (AvgIpc) is 2.68. The topological polar surface area (TPSA) is 44.1 Å². The number of carbonyl (C=O) groups is 1. The van der Waals surface area contributed by atoms with Gasteiger partial charge in [0, 0.05) is 7.05 Å². The van der Waals surface area contributed by atoms with E-state index in [1.165, 1.54) is 0 Å². The molecule has 0 fully saturated rings. The molecule has 0 saturated carbocycles. The van der Waals surface area contributed by atoms with Crippen LogP contribution in [-0.4, -0.2) is 15.8 Å². The first-order chi connectivity index (χ1) is 8.63. The van der Waals surface area contributed by atoms with Gasteiger partial charge in [0.25, 0.3) is 0 Å². The predicted octanol–water partition coefficient (Wildman–Crippen LogP) is 3.12. The monoisotopic (exact) mass is 284 g/mol. The highest BCUT2D eigenvalue weighted by atomic mass is 35.5. The van der Waals surface area contributed by atoms with Crippen molar-refractivity contribution in [3.05, 3.63) is 46.0 Å². The van der Waals surface area contributed by atoms with Crippen molar-refractivity contribution in [3.63, 3.8) is 0 Å². The van der Waals surface area contributed by atoms with Crippen molar-refractivity contribution < 1.29 is 9.53 Å². The molecule has 0 spiro atoms. The number of rotatable bonds is 4. The summed E-state index contributed by atoms with van der Waals surface area (Å²) in [7, 11) is 1.78. The largest absolute Gasteiger partial charge is 0.485 e. The molecule has 0 N–H and O–H groups in total. The molecule has 0 aliphatic rings. The Bertz CT molecular complexity index is 581. The SMILES string of the molecule is Cn1c(Cl)cnc1COc1cccc(Cl)c1C=O. The van der Waals surface area contributed by atoms with Gasteiger partial charge in [-0.25, -0.2) is 4.98 Å². The Hall–Kier alpha value is -1.52. The van der Waals surface area contributed by atoms with E-state index in [0.717, 1.165) is 0 Å². The minimum atomic E-state index is 0.213. The van der Waals surface area contributed by atoms with Crippen LogP contribution >= 0.6 is 23.2 Å². The number of aldehydes is 1. The first-order valence-electron chi connectivity index (χ1n) is 5.16.